The van der Waals surface area contributed by atoms with Crippen molar-refractivity contribution in [1.29, 1.82) is 0 Å². The molecule has 0 spiro atoms. The highest BCUT2D eigenvalue weighted by Gasteiger charge is 2.18. The summed E-state index contributed by atoms with van der Waals surface area (Å²) in [5.74, 6) is 0. The zero-order chi connectivity index (χ0) is 36.1. The van der Waals surface area contributed by atoms with E-state index in [-0.39, 0.29) is 0 Å². The van der Waals surface area contributed by atoms with Crippen molar-refractivity contribution in [3.63, 3.8) is 0 Å². The fraction of sp³-hybridized carbons (Fsp3) is 0. The van der Waals surface area contributed by atoms with Crippen molar-refractivity contribution < 1.29 is 0 Å². The first-order valence-corrected chi connectivity index (χ1v) is 18.0. The Labute approximate surface area is 315 Å². The van der Waals surface area contributed by atoms with Crippen LogP contribution in [0.2, 0.25) is 0 Å². The highest BCUT2D eigenvalue weighted by atomic mass is 14.7. The highest BCUT2D eigenvalue weighted by molar-refractivity contribution is 5.94. The molecule has 0 saturated heterocycles. The average molecular weight is 691 g/mol. The molecule has 0 unspecified atom stereocenters. The van der Waals surface area contributed by atoms with Gasteiger partial charge in [0.25, 0.3) is 0 Å². The molecule has 0 atom stereocenters. The summed E-state index contributed by atoms with van der Waals surface area (Å²) >= 11 is 0. The Kier molecular flexibility index (Phi) is 8.90. The standard InChI is InChI=1S/C50H34N4/c1-3-7-35(8-4-1)43-19-21-49(53-33-43)47-32-48(50-22-20-44(34-54-50)36-9-5-2-6-10-36)46(42-17-13-38(14-18-42)40-25-29-52-30-26-40)31-45(47)41-15-11-37(12-16-41)39-23-27-51-28-24-39/h1-34H. The molecule has 0 aliphatic carbocycles. The molecule has 0 amide bonds. The van der Waals surface area contributed by atoms with Crippen molar-refractivity contribution in [1.82, 2.24) is 19.9 Å². The Morgan fingerprint density at radius 3 is 0.926 bits per heavy atom. The normalized spacial score (nSPS) is 11.0. The third-order valence-corrected chi connectivity index (χ3v) is 9.87. The number of benzene rings is 5. The summed E-state index contributed by atoms with van der Waals surface area (Å²) in [4.78, 5) is 18.6. The number of aromatic nitrogens is 4. The quantitative estimate of drug-likeness (QED) is 0.159. The molecule has 4 nitrogen and oxygen atoms in total. The Balaban J connectivity index is 1.23. The molecule has 0 saturated carbocycles. The molecule has 0 radical (unpaired) electrons. The number of nitrogens with zero attached hydrogens (tertiary/aromatic N) is 4. The van der Waals surface area contributed by atoms with Gasteiger partial charge in [0.2, 0.25) is 0 Å². The third kappa shape index (κ3) is 6.72. The van der Waals surface area contributed by atoms with E-state index in [1.54, 1.807) is 0 Å². The Bertz CT molecular complexity index is 2250. The molecule has 4 heterocycles. The molecule has 4 aromatic heterocycles. The fourth-order valence-electron chi connectivity index (χ4n) is 6.98. The average Bonchev–Trinajstić information content (AvgIpc) is 3.27. The summed E-state index contributed by atoms with van der Waals surface area (Å²) in [6.07, 6.45) is 11.3. The van der Waals surface area contributed by atoms with Crippen LogP contribution in [-0.4, -0.2) is 19.9 Å². The van der Waals surface area contributed by atoms with E-state index in [1.807, 2.05) is 73.6 Å². The molecule has 9 aromatic rings. The Hall–Kier alpha value is -7.30. The van der Waals surface area contributed by atoms with E-state index in [2.05, 4.69) is 143 Å². The molecule has 4 heteroatoms. The lowest BCUT2D eigenvalue weighted by atomic mass is 9.87. The SMILES string of the molecule is c1ccc(-c2ccc(-c3cc(-c4ccc(-c5ccccc5)cn4)c(-c4ccc(-c5ccncc5)cc4)cc3-c3ccc(-c4ccncc4)cc3)nc2)cc1. The number of hydrogen-bond donors (Lipinski definition) is 0. The van der Waals surface area contributed by atoms with Crippen molar-refractivity contribution in [2.45, 2.75) is 0 Å². The van der Waals surface area contributed by atoms with Crippen molar-refractivity contribution in [3.05, 3.63) is 207 Å². The van der Waals surface area contributed by atoms with E-state index in [0.29, 0.717) is 0 Å². The van der Waals surface area contributed by atoms with E-state index in [0.717, 1.165) is 89.3 Å². The second-order valence-corrected chi connectivity index (χ2v) is 13.2. The molecule has 9 rings (SSSR count). The Morgan fingerprint density at radius 1 is 0.241 bits per heavy atom. The summed E-state index contributed by atoms with van der Waals surface area (Å²) in [6, 6.07) is 59.6. The summed E-state index contributed by atoms with van der Waals surface area (Å²) in [7, 11) is 0. The van der Waals surface area contributed by atoms with Gasteiger partial charge in [0.05, 0.1) is 11.4 Å². The molecule has 0 aliphatic rings. The van der Waals surface area contributed by atoms with Gasteiger partial charge < -0.3 is 0 Å². The lowest BCUT2D eigenvalue weighted by Crippen LogP contribution is -1.95. The largest absolute Gasteiger partial charge is 0.265 e. The third-order valence-electron chi connectivity index (χ3n) is 9.87. The van der Waals surface area contributed by atoms with Gasteiger partial charge in [-0.2, -0.15) is 0 Å². The molecule has 0 N–H and O–H groups in total. The van der Waals surface area contributed by atoms with Crippen molar-refractivity contribution in [2.75, 3.05) is 0 Å². The van der Waals surface area contributed by atoms with Crippen molar-refractivity contribution in [2.24, 2.45) is 0 Å². The predicted octanol–water partition coefficient (Wildman–Crippen LogP) is 12.6. The summed E-state index contributed by atoms with van der Waals surface area (Å²) in [5, 5.41) is 0. The Morgan fingerprint density at radius 2 is 0.556 bits per heavy atom. The zero-order valence-corrected chi connectivity index (χ0v) is 29.4. The molecular weight excluding hydrogens is 657 g/mol. The highest BCUT2D eigenvalue weighted by Crippen LogP contribution is 2.42. The van der Waals surface area contributed by atoms with Gasteiger partial charge >= 0.3 is 0 Å². The second kappa shape index (κ2) is 14.7. The van der Waals surface area contributed by atoms with E-state index < -0.39 is 0 Å². The van der Waals surface area contributed by atoms with Crippen LogP contribution in [0.1, 0.15) is 0 Å². The van der Waals surface area contributed by atoms with Gasteiger partial charge in [-0.05, 0) is 104 Å². The van der Waals surface area contributed by atoms with Gasteiger partial charge in [0.1, 0.15) is 0 Å². The van der Waals surface area contributed by atoms with E-state index in [4.69, 9.17) is 9.97 Å². The topological polar surface area (TPSA) is 51.6 Å². The molecule has 5 aromatic carbocycles. The maximum atomic E-state index is 5.08. The molecule has 54 heavy (non-hydrogen) atoms. The first-order valence-electron chi connectivity index (χ1n) is 18.0. The van der Waals surface area contributed by atoms with Gasteiger partial charge in [-0.25, -0.2) is 0 Å². The van der Waals surface area contributed by atoms with Crippen LogP contribution in [0.3, 0.4) is 0 Å². The van der Waals surface area contributed by atoms with Gasteiger partial charge in [-0.15, -0.1) is 0 Å². The fourth-order valence-corrected chi connectivity index (χ4v) is 6.98. The minimum atomic E-state index is 0.893. The first-order chi connectivity index (χ1) is 26.8. The van der Waals surface area contributed by atoms with E-state index >= 15 is 0 Å². The minimum Gasteiger partial charge on any atom is -0.265 e. The summed E-state index contributed by atoms with van der Waals surface area (Å²) < 4.78 is 0. The smallest absolute Gasteiger partial charge is 0.0708 e. The van der Waals surface area contributed by atoms with Gasteiger partial charge in [-0.1, -0.05) is 121 Å². The maximum absolute atomic E-state index is 5.08. The lowest BCUT2D eigenvalue weighted by molar-refractivity contribution is 1.31. The van der Waals surface area contributed by atoms with Crippen LogP contribution in [0, 0.1) is 0 Å². The van der Waals surface area contributed by atoms with Crippen molar-refractivity contribution in [3.8, 4) is 89.3 Å². The summed E-state index contributed by atoms with van der Waals surface area (Å²) in [6.45, 7) is 0. The van der Waals surface area contributed by atoms with Gasteiger partial charge in [0, 0.05) is 59.4 Å². The first kappa shape index (κ1) is 32.6. The monoisotopic (exact) mass is 690 g/mol. The number of hydrogen-bond acceptors (Lipinski definition) is 4. The maximum Gasteiger partial charge on any atom is 0.0708 e. The van der Waals surface area contributed by atoms with Crippen LogP contribution in [0.5, 0.6) is 0 Å². The number of rotatable bonds is 8. The van der Waals surface area contributed by atoms with Gasteiger partial charge in [0.15, 0.2) is 0 Å². The van der Waals surface area contributed by atoms with E-state index in [1.165, 1.54) is 0 Å². The lowest BCUT2D eigenvalue weighted by Gasteiger charge is -2.18. The summed E-state index contributed by atoms with van der Waals surface area (Å²) in [5.41, 5.74) is 17.2. The molecular formula is C50H34N4. The molecule has 254 valence electrons. The van der Waals surface area contributed by atoms with Crippen LogP contribution in [-0.2, 0) is 0 Å². The van der Waals surface area contributed by atoms with Crippen LogP contribution in [0.15, 0.2) is 207 Å². The number of pyridine rings is 4. The minimum absolute atomic E-state index is 0.893. The zero-order valence-electron chi connectivity index (χ0n) is 29.4. The van der Waals surface area contributed by atoms with Crippen LogP contribution < -0.4 is 0 Å². The van der Waals surface area contributed by atoms with Gasteiger partial charge in [-0.3, -0.25) is 19.9 Å². The molecule has 0 bridgehead atoms. The van der Waals surface area contributed by atoms with Crippen LogP contribution in [0.4, 0.5) is 0 Å². The second-order valence-electron chi connectivity index (χ2n) is 13.2. The molecule has 0 aliphatic heterocycles. The van der Waals surface area contributed by atoms with Crippen LogP contribution in [0.25, 0.3) is 89.3 Å². The molecule has 0 fully saturated rings. The van der Waals surface area contributed by atoms with Crippen LogP contribution >= 0.6 is 0 Å². The van der Waals surface area contributed by atoms with Crippen molar-refractivity contribution >= 4 is 0 Å². The van der Waals surface area contributed by atoms with E-state index in [9.17, 15) is 0 Å². The predicted molar refractivity (Wildman–Crippen MR) is 221 cm³/mol.